The SMILES string of the molecule is CC(C(=O)O)C1OCCN(c2cccc(C(=O)N3CCOCC3)c2)C1=O. The van der Waals surface area contributed by atoms with E-state index in [1.165, 1.54) is 11.8 Å². The number of ether oxygens (including phenoxy) is 2. The van der Waals surface area contributed by atoms with Crippen LogP contribution in [0.1, 0.15) is 17.3 Å². The molecule has 2 fully saturated rings. The highest BCUT2D eigenvalue weighted by atomic mass is 16.5. The number of nitrogens with zero attached hydrogens (tertiary/aromatic N) is 2. The number of carbonyl (C=O) groups excluding carboxylic acids is 2. The van der Waals surface area contributed by atoms with E-state index in [0.29, 0.717) is 44.1 Å². The molecular formula is C18H22N2O6. The largest absolute Gasteiger partial charge is 0.481 e. The minimum atomic E-state index is -1.08. The van der Waals surface area contributed by atoms with Crippen LogP contribution in [-0.2, 0) is 19.1 Å². The number of rotatable bonds is 4. The Morgan fingerprint density at radius 3 is 2.62 bits per heavy atom. The van der Waals surface area contributed by atoms with Crippen molar-refractivity contribution in [3.8, 4) is 0 Å². The molecule has 2 unspecified atom stereocenters. The third-order valence-corrected chi connectivity index (χ3v) is 4.67. The van der Waals surface area contributed by atoms with Gasteiger partial charge in [-0.1, -0.05) is 6.07 Å². The van der Waals surface area contributed by atoms with Crippen molar-refractivity contribution in [3.63, 3.8) is 0 Å². The fourth-order valence-electron chi connectivity index (χ4n) is 3.11. The third kappa shape index (κ3) is 3.71. The number of amides is 2. The molecule has 0 spiro atoms. The summed E-state index contributed by atoms with van der Waals surface area (Å²) in [5.74, 6) is -2.53. The number of carboxylic acids is 1. The van der Waals surface area contributed by atoms with Gasteiger partial charge in [0.25, 0.3) is 11.8 Å². The van der Waals surface area contributed by atoms with Gasteiger partial charge in [0.2, 0.25) is 0 Å². The van der Waals surface area contributed by atoms with Gasteiger partial charge in [-0.15, -0.1) is 0 Å². The lowest BCUT2D eigenvalue weighted by Gasteiger charge is -2.34. The van der Waals surface area contributed by atoms with Crippen LogP contribution in [0.3, 0.4) is 0 Å². The number of hydrogen-bond donors (Lipinski definition) is 1. The number of morpholine rings is 2. The molecule has 8 heteroatoms. The zero-order valence-corrected chi connectivity index (χ0v) is 14.6. The predicted octanol–water partition coefficient (Wildman–Crippen LogP) is 0.611. The van der Waals surface area contributed by atoms with Gasteiger partial charge < -0.3 is 24.4 Å². The third-order valence-electron chi connectivity index (χ3n) is 4.67. The quantitative estimate of drug-likeness (QED) is 0.843. The first-order valence-corrected chi connectivity index (χ1v) is 8.62. The van der Waals surface area contributed by atoms with Crippen LogP contribution < -0.4 is 4.90 Å². The monoisotopic (exact) mass is 362 g/mol. The van der Waals surface area contributed by atoms with Crippen molar-refractivity contribution in [3.05, 3.63) is 29.8 Å². The van der Waals surface area contributed by atoms with Gasteiger partial charge in [-0.05, 0) is 25.1 Å². The van der Waals surface area contributed by atoms with Crippen molar-refractivity contribution >= 4 is 23.5 Å². The lowest BCUT2D eigenvalue weighted by molar-refractivity contribution is -0.154. The fourth-order valence-corrected chi connectivity index (χ4v) is 3.11. The van der Waals surface area contributed by atoms with Crippen LogP contribution in [0.4, 0.5) is 5.69 Å². The summed E-state index contributed by atoms with van der Waals surface area (Å²) in [6.07, 6.45) is -1.03. The molecular weight excluding hydrogens is 340 g/mol. The highest BCUT2D eigenvalue weighted by Gasteiger charge is 2.37. The Labute approximate surface area is 151 Å². The molecule has 0 bridgehead atoms. The molecule has 2 aliphatic rings. The maximum absolute atomic E-state index is 12.7. The molecule has 1 N–H and O–H groups in total. The average molecular weight is 362 g/mol. The summed E-state index contributed by atoms with van der Waals surface area (Å²) < 4.78 is 10.6. The van der Waals surface area contributed by atoms with Crippen LogP contribution in [-0.4, -0.2) is 73.3 Å². The van der Waals surface area contributed by atoms with E-state index in [1.807, 2.05) is 0 Å². The first-order valence-electron chi connectivity index (χ1n) is 8.62. The van der Waals surface area contributed by atoms with Gasteiger partial charge in [-0.2, -0.15) is 0 Å². The van der Waals surface area contributed by atoms with E-state index < -0.39 is 23.9 Å². The molecule has 0 saturated carbocycles. The van der Waals surface area contributed by atoms with Gasteiger partial charge in [0, 0.05) is 30.9 Å². The van der Waals surface area contributed by atoms with Gasteiger partial charge in [-0.25, -0.2) is 0 Å². The first-order chi connectivity index (χ1) is 12.5. The molecule has 1 aromatic carbocycles. The number of carboxylic acid groups (broad SMARTS) is 1. The minimum absolute atomic E-state index is 0.105. The zero-order valence-electron chi connectivity index (χ0n) is 14.6. The predicted molar refractivity (Wildman–Crippen MR) is 92.1 cm³/mol. The van der Waals surface area contributed by atoms with Crippen LogP contribution in [0.25, 0.3) is 0 Å². The van der Waals surface area contributed by atoms with Gasteiger partial charge >= 0.3 is 5.97 Å². The normalized spacial score (nSPS) is 22.2. The van der Waals surface area contributed by atoms with Gasteiger partial charge in [0.15, 0.2) is 0 Å². The number of carbonyl (C=O) groups is 3. The molecule has 2 heterocycles. The number of aliphatic carboxylic acids is 1. The van der Waals surface area contributed by atoms with Crippen molar-refractivity contribution < 1.29 is 29.0 Å². The standard InChI is InChI=1S/C18H22N2O6/c1-12(18(23)24)15-17(22)20(7-10-26-15)14-4-2-3-13(11-14)16(21)19-5-8-25-9-6-19/h2-4,11-12,15H,5-10H2,1H3,(H,23,24). The second kappa shape index (κ2) is 7.84. The Balaban J connectivity index is 1.79. The van der Waals surface area contributed by atoms with Crippen LogP contribution in [0.5, 0.6) is 0 Å². The number of hydrogen-bond acceptors (Lipinski definition) is 5. The lowest BCUT2D eigenvalue weighted by atomic mass is 10.0. The van der Waals surface area contributed by atoms with E-state index >= 15 is 0 Å². The van der Waals surface area contributed by atoms with Crippen molar-refractivity contribution in [2.75, 3.05) is 44.4 Å². The molecule has 3 rings (SSSR count). The van der Waals surface area contributed by atoms with E-state index in [1.54, 1.807) is 29.2 Å². The summed E-state index contributed by atoms with van der Waals surface area (Å²) in [4.78, 5) is 39.7. The van der Waals surface area contributed by atoms with Crippen molar-refractivity contribution in [2.24, 2.45) is 5.92 Å². The molecule has 8 nitrogen and oxygen atoms in total. The molecule has 2 atom stereocenters. The van der Waals surface area contributed by atoms with Crippen LogP contribution in [0, 0.1) is 5.92 Å². The summed E-state index contributed by atoms with van der Waals surface area (Å²) in [5, 5.41) is 9.16. The van der Waals surface area contributed by atoms with E-state index in [9.17, 15) is 14.4 Å². The van der Waals surface area contributed by atoms with Gasteiger partial charge in [0.1, 0.15) is 6.10 Å². The molecule has 0 aromatic heterocycles. The highest BCUT2D eigenvalue weighted by Crippen LogP contribution is 2.24. The Morgan fingerprint density at radius 2 is 1.92 bits per heavy atom. The average Bonchev–Trinajstić information content (AvgIpc) is 2.67. The Kier molecular flexibility index (Phi) is 5.53. The summed E-state index contributed by atoms with van der Waals surface area (Å²) in [6.45, 7) is 4.12. The maximum atomic E-state index is 12.7. The highest BCUT2D eigenvalue weighted by molar-refractivity contribution is 6.01. The second-order valence-corrected chi connectivity index (χ2v) is 6.36. The maximum Gasteiger partial charge on any atom is 0.309 e. The minimum Gasteiger partial charge on any atom is -0.481 e. The summed E-state index contributed by atoms with van der Waals surface area (Å²) in [6, 6.07) is 6.84. The Morgan fingerprint density at radius 1 is 1.19 bits per heavy atom. The molecule has 2 saturated heterocycles. The summed E-state index contributed by atoms with van der Waals surface area (Å²) >= 11 is 0. The molecule has 2 amide bonds. The Bertz CT molecular complexity index is 701. The molecule has 1 aromatic rings. The van der Waals surface area contributed by atoms with Crippen LogP contribution in [0.15, 0.2) is 24.3 Å². The number of benzene rings is 1. The van der Waals surface area contributed by atoms with E-state index in [-0.39, 0.29) is 12.5 Å². The molecule has 26 heavy (non-hydrogen) atoms. The molecule has 2 aliphatic heterocycles. The summed E-state index contributed by atoms with van der Waals surface area (Å²) in [7, 11) is 0. The van der Waals surface area contributed by atoms with E-state index in [4.69, 9.17) is 14.6 Å². The van der Waals surface area contributed by atoms with Crippen LogP contribution in [0.2, 0.25) is 0 Å². The zero-order chi connectivity index (χ0) is 18.7. The molecule has 0 aliphatic carbocycles. The smallest absolute Gasteiger partial charge is 0.309 e. The second-order valence-electron chi connectivity index (χ2n) is 6.36. The van der Waals surface area contributed by atoms with Crippen LogP contribution >= 0.6 is 0 Å². The van der Waals surface area contributed by atoms with Crippen molar-refractivity contribution in [1.29, 1.82) is 0 Å². The van der Waals surface area contributed by atoms with E-state index in [2.05, 4.69) is 0 Å². The topological polar surface area (TPSA) is 96.4 Å². The lowest BCUT2D eigenvalue weighted by Crippen LogP contribution is -2.51. The molecule has 0 radical (unpaired) electrons. The Hall–Kier alpha value is -2.45. The van der Waals surface area contributed by atoms with Crippen molar-refractivity contribution in [1.82, 2.24) is 4.90 Å². The van der Waals surface area contributed by atoms with Crippen molar-refractivity contribution in [2.45, 2.75) is 13.0 Å². The first kappa shape index (κ1) is 18.3. The van der Waals surface area contributed by atoms with Gasteiger partial charge in [0.05, 0.1) is 25.7 Å². The fraction of sp³-hybridized carbons (Fsp3) is 0.500. The number of anilines is 1. The summed E-state index contributed by atoms with van der Waals surface area (Å²) in [5.41, 5.74) is 1.06. The van der Waals surface area contributed by atoms with Gasteiger partial charge in [-0.3, -0.25) is 14.4 Å². The van der Waals surface area contributed by atoms with E-state index in [0.717, 1.165) is 0 Å². The molecule has 140 valence electrons.